The van der Waals surface area contributed by atoms with Crippen LogP contribution in [0.25, 0.3) is 0 Å². The normalized spacial score (nSPS) is 37.5. The van der Waals surface area contributed by atoms with Crippen molar-refractivity contribution in [3.8, 4) is 0 Å². The number of thioether (sulfide) groups is 1. The molecule has 3 rings (SSSR count). The summed E-state index contributed by atoms with van der Waals surface area (Å²) in [5.74, 6) is 1.04. The standard InChI is InChI=1S/C11H15N3O4S/c12-7-1-3-14(10(17)13-7)9-11(2-4-19-11)8(16)6(5-15)18-9/h1,3,6,8-9,15-16H,2,4-5H2,(H2,12,13,17)/t6?,8-,9-,11-/m1/s1. The number of aliphatic hydroxyl groups excluding tert-OH is 2. The zero-order valence-corrected chi connectivity index (χ0v) is 10.9. The first-order chi connectivity index (χ1) is 9.08. The van der Waals surface area contributed by atoms with Crippen LogP contribution in [0.5, 0.6) is 0 Å². The first kappa shape index (κ1) is 12.9. The molecular formula is C11H15N3O4S. The highest BCUT2D eigenvalue weighted by molar-refractivity contribution is 8.02. The van der Waals surface area contributed by atoms with Crippen LogP contribution in [0.3, 0.4) is 0 Å². The molecule has 1 aromatic rings. The predicted molar refractivity (Wildman–Crippen MR) is 69.7 cm³/mol. The fraction of sp³-hybridized carbons (Fsp3) is 0.636. The van der Waals surface area contributed by atoms with E-state index in [1.54, 1.807) is 11.8 Å². The van der Waals surface area contributed by atoms with Gasteiger partial charge in [-0.05, 0) is 18.2 Å². The van der Waals surface area contributed by atoms with Crippen molar-refractivity contribution in [1.29, 1.82) is 0 Å². The third-order valence-corrected chi connectivity index (χ3v) is 5.32. The van der Waals surface area contributed by atoms with E-state index in [4.69, 9.17) is 10.5 Å². The fourth-order valence-corrected chi connectivity index (χ4v) is 3.94. The van der Waals surface area contributed by atoms with Crippen LogP contribution in [0, 0.1) is 0 Å². The number of hydrogen-bond acceptors (Lipinski definition) is 7. The molecule has 2 fully saturated rings. The third-order valence-electron chi connectivity index (χ3n) is 3.72. The Hall–Kier alpha value is -1.09. The molecule has 0 saturated carbocycles. The second-order valence-electron chi connectivity index (χ2n) is 4.75. The molecule has 104 valence electrons. The van der Waals surface area contributed by atoms with Crippen LogP contribution in [-0.2, 0) is 4.74 Å². The largest absolute Gasteiger partial charge is 0.394 e. The van der Waals surface area contributed by atoms with Crippen molar-refractivity contribution in [2.45, 2.75) is 29.6 Å². The average molecular weight is 285 g/mol. The molecule has 0 radical (unpaired) electrons. The number of nitrogens with zero attached hydrogens (tertiary/aromatic N) is 2. The third kappa shape index (κ3) is 1.78. The summed E-state index contributed by atoms with van der Waals surface area (Å²) in [5, 5.41) is 19.5. The minimum atomic E-state index is -0.800. The highest BCUT2D eigenvalue weighted by Gasteiger charge is 2.60. The summed E-state index contributed by atoms with van der Waals surface area (Å²) in [5.41, 5.74) is 4.95. The lowest BCUT2D eigenvalue weighted by Gasteiger charge is -2.43. The second kappa shape index (κ2) is 4.48. The lowest BCUT2D eigenvalue weighted by Crippen LogP contribution is -2.51. The number of aliphatic hydroxyl groups is 2. The van der Waals surface area contributed by atoms with Gasteiger partial charge in [-0.25, -0.2) is 4.79 Å². The van der Waals surface area contributed by atoms with Crippen LogP contribution in [0.4, 0.5) is 5.82 Å². The van der Waals surface area contributed by atoms with Gasteiger partial charge < -0.3 is 20.7 Å². The SMILES string of the molecule is Nc1ccn([C@@H]2OC(CO)[C@@H](O)[C@]23CCS3)c(=O)n1. The van der Waals surface area contributed by atoms with E-state index >= 15 is 0 Å². The van der Waals surface area contributed by atoms with Crippen molar-refractivity contribution in [2.24, 2.45) is 0 Å². The molecule has 0 amide bonds. The molecule has 2 aliphatic heterocycles. The quantitative estimate of drug-likeness (QED) is 0.636. The monoisotopic (exact) mass is 285 g/mol. The molecule has 0 bridgehead atoms. The van der Waals surface area contributed by atoms with E-state index in [1.807, 2.05) is 0 Å². The number of rotatable bonds is 2. The summed E-state index contributed by atoms with van der Waals surface area (Å²) in [6.07, 6.45) is 0.145. The Kier molecular flexibility index (Phi) is 3.05. The van der Waals surface area contributed by atoms with Gasteiger partial charge >= 0.3 is 5.69 Å². The molecule has 0 aromatic carbocycles. The number of nitrogen functional groups attached to an aromatic ring is 1. The molecule has 3 heterocycles. The van der Waals surface area contributed by atoms with E-state index in [0.717, 1.165) is 12.2 Å². The van der Waals surface area contributed by atoms with E-state index in [9.17, 15) is 15.0 Å². The summed E-state index contributed by atoms with van der Waals surface area (Å²) in [7, 11) is 0. The summed E-state index contributed by atoms with van der Waals surface area (Å²) in [6.45, 7) is -0.281. The van der Waals surface area contributed by atoms with Gasteiger partial charge in [0.05, 0.1) is 11.4 Å². The molecule has 19 heavy (non-hydrogen) atoms. The van der Waals surface area contributed by atoms with Crippen molar-refractivity contribution < 1.29 is 14.9 Å². The van der Waals surface area contributed by atoms with Gasteiger partial charge in [0.15, 0.2) is 6.23 Å². The molecule has 1 spiro atoms. The Balaban J connectivity index is 2.01. The van der Waals surface area contributed by atoms with E-state index in [-0.39, 0.29) is 12.4 Å². The van der Waals surface area contributed by atoms with Crippen molar-refractivity contribution >= 4 is 17.6 Å². The van der Waals surface area contributed by atoms with Gasteiger partial charge in [0.2, 0.25) is 0 Å². The summed E-state index contributed by atoms with van der Waals surface area (Å²) >= 11 is 1.55. The van der Waals surface area contributed by atoms with Gasteiger partial charge in [-0.15, -0.1) is 11.8 Å². The van der Waals surface area contributed by atoms with Crippen LogP contribution in [0.1, 0.15) is 12.6 Å². The van der Waals surface area contributed by atoms with Crippen molar-refractivity contribution in [3.63, 3.8) is 0 Å². The Morgan fingerprint density at radius 2 is 2.42 bits per heavy atom. The lowest BCUT2D eigenvalue weighted by molar-refractivity contribution is -0.0473. The molecule has 4 N–H and O–H groups in total. The van der Waals surface area contributed by atoms with Gasteiger partial charge in [-0.1, -0.05) is 0 Å². The van der Waals surface area contributed by atoms with Crippen molar-refractivity contribution in [2.75, 3.05) is 18.1 Å². The van der Waals surface area contributed by atoms with Gasteiger partial charge in [0.25, 0.3) is 0 Å². The smallest absolute Gasteiger partial charge is 0.351 e. The molecule has 2 saturated heterocycles. The van der Waals surface area contributed by atoms with Gasteiger partial charge in [-0.3, -0.25) is 4.57 Å². The molecule has 0 aliphatic carbocycles. The second-order valence-corrected chi connectivity index (χ2v) is 6.21. The van der Waals surface area contributed by atoms with E-state index in [1.165, 1.54) is 16.8 Å². The van der Waals surface area contributed by atoms with Crippen LogP contribution >= 0.6 is 11.8 Å². The Labute approximate surface area is 113 Å². The Morgan fingerprint density at radius 1 is 1.68 bits per heavy atom. The molecule has 1 unspecified atom stereocenters. The number of aromatic nitrogens is 2. The Morgan fingerprint density at radius 3 is 2.95 bits per heavy atom. The first-order valence-corrected chi connectivity index (χ1v) is 7.00. The van der Waals surface area contributed by atoms with Crippen LogP contribution in [-0.4, -0.2) is 49.1 Å². The molecule has 7 nitrogen and oxygen atoms in total. The molecular weight excluding hydrogens is 270 g/mol. The lowest BCUT2D eigenvalue weighted by atomic mass is 9.94. The molecule has 1 aromatic heterocycles. The predicted octanol–water partition coefficient (Wildman–Crippen LogP) is -1.05. The van der Waals surface area contributed by atoms with Crippen LogP contribution in [0.2, 0.25) is 0 Å². The minimum Gasteiger partial charge on any atom is -0.394 e. The van der Waals surface area contributed by atoms with Crippen LogP contribution < -0.4 is 11.4 Å². The zero-order chi connectivity index (χ0) is 13.6. The van der Waals surface area contributed by atoms with Crippen molar-refractivity contribution in [1.82, 2.24) is 9.55 Å². The van der Waals surface area contributed by atoms with Gasteiger partial charge in [0, 0.05) is 6.20 Å². The van der Waals surface area contributed by atoms with Crippen molar-refractivity contribution in [3.05, 3.63) is 22.7 Å². The number of anilines is 1. The maximum atomic E-state index is 11.9. The van der Waals surface area contributed by atoms with Gasteiger partial charge in [-0.2, -0.15) is 4.98 Å². The van der Waals surface area contributed by atoms with Crippen LogP contribution in [0.15, 0.2) is 17.1 Å². The van der Waals surface area contributed by atoms with E-state index in [0.29, 0.717) is 0 Å². The van der Waals surface area contributed by atoms with Gasteiger partial charge in [0.1, 0.15) is 18.0 Å². The fourth-order valence-electron chi connectivity index (χ4n) is 2.63. The zero-order valence-electron chi connectivity index (χ0n) is 10.1. The summed E-state index contributed by atoms with van der Waals surface area (Å²) in [4.78, 5) is 15.6. The summed E-state index contributed by atoms with van der Waals surface area (Å²) < 4.78 is 6.41. The first-order valence-electron chi connectivity index (χ1n) is 6.01. The maximum Gasteiger partial charge on any atom is 0.351 e. The Bertz CT molecular complexity index is 545. The molecule has 4 atom stereocenters. The number of ether oxygens (including phenoxy) is 1. The number of nitrogens with two attached hydrogens (primary N) is 1. The van der Waals surface area contributed by atoms with E-state index < -0.39 is 28.9 Å². The maximum absolute atomic E-state index is 11.9. The van der Waals surface area contributed by atoms with E-state index in [2.05, 4.69) is 4.98 Å². The highest BCUT2D eigenvalue weighted by Crippen LogP contribution is 2.56. The number of hydrogen-bond donors (Lipinski definition) is 3. The molecule has 2 aliphatic rings. The summed E-state index contributed by atoms with van der Waals surface area (Å²) in [6, 6.07) is 1.51. The molecule has 8 heteroatoms. The topological polar surface area (TPSA) is 111 Å². The average Bonchev–Trinajstić information content (AvgIpc) is 2.62. The minimum absolute atomic E-state index is 0.147. The highest BCUT2D eigenvalue weighted by atomic mass is 32.2.